The third-order valence-corrected chi connectivity index (χ3v) is 2.52. The smallest absolute Gasteiger partial charge is 0.411 e. The molecule has 1 aliphatic heterocycles. The number of carboxylic acids is 1. The Kier molecular flexibility index (Phi) is 3.95. The van der Waals surface area contributed by atoms with E-state index < -0.39 is 36.3 Å². The fourth-order valence-electron chi connectivity index (χ4n) is 1.79. The molecule has 0 aromatic carbocycles. The molecule has 0 aromatic rings. The van der Waals surface area contributed by atoms with Gasteiger partial charge in [0.15, 0.2) is 0 Å². The highest BCUT2D eigenvalue weighted by molar-refractivity contribution is 5.81. The molecule has 0 spiro atoms. The fourth-order valence-corrected chi connectivity index (χ4v) is 1.79. The maximum Gasteiger partial charge on any atom is 0.411 e. The molecule has 5 nitrogen and oxygen atoms in total. The molecular formula is C11H18FNO4. The molecule has 0 aromatic heterocycles. The molecule has 0 unspecified atom stereocenters. The summed E-state index contributed by atoms with van der Waals surface area (Å²) in [6, 6.07) is -0.981. The van der Waals surface area contributed by atoms with Gasteiger partial charge in [0.1, 0.15) is 11.6 Å². The van der Waals surface area contributed by atoms with Gasteiger partial charge >= 0.3 is 12.1 Å². The van der Waals surface area contributed by atoms with Crippen LogP contribution in [0.3, 0.4) is 0 Å². The Morgan fingerprint density at radius 3 is 2.47 bits per heavy atom. The summed E-state index contributed by atoms with van der Waals surface area (Å²) in [6.07, 6.45) is -0.550. The van der Waals surface area contributed by atoms with E-state index in [9.17, 15) is 14.0 Å². The van der Waals surface area contributed by atoms with Crippen LogP contribution >= 0.6 is 0 Å². The molecule has 1 saturated heterocycles. The molecule has 1 N–H and O–H groups in total. The Bertz CT molecular complexity index is 313. The third kappa shape index (κ3) is 3.57. The average molecular weight is 247 g/mol. The van der Waals surface area contributed by atoms with Crippen LogP contribution in [0.2, 0.25) is 0 Å². The number of carbonyl (C=O) groups is 2. The van der Waals surface area contributed by atoms with Gasteiger partial charge in [-0.2, -0.15) is 0 Å². The van der Waals surface area contributed by atoms with E-state index in [1.807, 2.05) is 0 Å². The maximum absolute atomic E-state index is 12.5. The first-order valence-corrected chi connectivity index (χ1v) is 5.53. The quantitative estimate of drug-likeness (QED) is 0.806. The summed E-state index contributed by atoms with van der Waals surface area (Å²) < 4.78 is 17.6. The summed E-state index contributed by atoms with van der Waals surface area (Å²) in [7, 11) is 0. The minimum Gasteiger partial charge on any atom is -0.480 e. The van der Waals surface area contributed by atoms with Crippen molar-refractivity contribution in [3.05, 3.63) is 0 Å². The van der Waals surface area contributed by atoms with Crippen molar-refractivity contribution in [3.63, 3.8) is 0 Å². The van der Waals surface area contributed by atoms with Crippen LogP contribution in [-0.2, 0) is 9.53 Å². The summed E-state index contributed by atoms with van der Waals surface area (Å²) in [6.45, 7) is 4.57. The molecular weight excluding hydrogens is 229 g/mol. The van der Waals surface area contributed by atoms with Crippen molar-refractivity contribution in [1.29, 1.82) is 0 Å². The second-order valence-electron chi connectivity index (χ2n) is 5.24. The van der Waals surface area contributed by atoms with E-state index >= 15 is 0 Å². The molecule has 6 heteroatoms. The van der Waals surface area contributed by atoms with E-state index in [0.29, 0.717) is 0 Å². The van der Waals surface area contributed by atoms with Gasteiger partial charge in [0.2, 0.25) is 0 Å². The number of ether oxygens (including phenoxy) is 1. The molecule has 1 aliphatic rings. The minimum atomic E-state index is -1.12. The Balaban J connectivity index is 2.73. The fraction of sp³-hybridized carbons (Fsp3) is 0.818. The summed E-state index contributed by atoms with van der Waals surface area (Å²) >= 11 is 0. The maximum atomic E-state index is 12.5. The molecule has 1 heterocycles. The normalized spacial score (nSPS) is 24.8. The monoisotopic (exact) mass is 247 g/mol. The van der Waals surface area contributed by atoms with Gasteiger partial charge in [-0.15, -0.1) is 0 Å². The number of rotatable bonds is 2. The lowest BCUT2D eigenvalue weighted by Crippen LogP contribution is -2.43. The number of carbonyl (C=O) groups excluding carboxylic acids is 1. The molecule has 0 bridgehead atoms. The van der Waals surface area contributed by atoms with Crippen LogP contribution in [0.25, 0.3) is 0 Å². The number of nitrogens with zero attached hydrogens (tertiary/aromatic N) is 1. The second kappa shape index (κ2) is 4.89. The summed E-state index contributed by atoms with van der Waals surface area (Å²) in [5.41, 5.74) is -0.687. The zero-order chi connectivity index (χ0) is 13.2. The predicted octanol–water partition coefficient (Wildman–Crippen LogP) is 1.67. The predicted molar refractivity (Wildman–Crippen MR) is 58.4 cm³/mol. The van der Waals surface area contributed by atoms with Gasteiger partial charge in [0.05, 0.1) is 6.67 Å². The molecule has 0 saturated carbocycles. The lowest BCUT2D eigenvalue weighted by molar-refractivity contribution is -0.142. The minimum absolute atomic E-state index is 0.0996. The van der Waals surface area contributed by atoms with Crippen molar-refractivity contribution in [2.45, 2.75) is 38.8 Å². The molecule has 1 amide bonds. The van der Waals surface area contributed by atoms with Crippen molar-refractivity contribution >= 4 is 12.1 Å². The third-order valence-electron chi connectivity index (χ3n) is 2.52. The van der Waals surface area contributed by atoms with Crippen molar-refractivity contribution in [3.8, 4) is 0 Å². The van der Waals surface area contributed by atoms with E-state index in [-0.39, 0.29) is 13.0 Å². The van der Waals surface area contributed by atoms with Gasteiger partial charge < -0.3 is 9.84 Å². The van der Waals surface area contributed by atoms with E-state index in [2.05, 4.69) is 0 Å². The zero-order valence-electron chi connectivity index (χ0n) is 10.3. The van der Waals surface area contributed by atoms with Crippen molar-refractivity contribution in [1.82, 2.24) is 4.90 Å². The topological polar surface area (TPSA) is 66.8 Å². The number of halogens is 1. The van der Waals surface area contributed by atoms with Crippen LogP contribution in [-0.4, -0.2) is 46.9 Å². The molecule has 1 fully saturated rings. The molecule has 1 rings (SSSR count). The number of carboxylic acid groups (broad SMARTS) is 1. The molecule has 17 heavy (non-hydrogen) atoms. The van der Waals surface area contributed by atoms with Gasteiger partial charge in [-0.1, -0.05) is 0 Å². The highest BCUT2D eigenvalue weighted by Gasteiger charge is 2.41. The first kappa shape index (κ1) is 13.7. The molecule has 98 valence electrons. The van der Waals surface area contributed by atoms with E-state index in [4.69, 9.17) is 9.84 Å². The van der Waals surface area contributed by atoms with Gasteiger partial charge in [0, 0.05) is 12.5 Å². The van der Waals surface area contributed by atoms with Gasteiger partial charge in [-0.25, -0.2) is 9.59 Å². The van der Waals surface area contributed by atoms with E-state index in [0.717, 1.165) is 4.90 Å². The van der Waals surface area contributed by atoms with Gasteiger partial charge in [-0.05, 0) is 27.2 Å². The number of hydrogen-bond donors (Lipinski definition) is 1. The standard InChI is InChI=1S/C11H18FNO4/c1-11(2,3)17-10(16)13-6-7(5-12)4-8(13)9(14)15/h7-8H,4-6H2,1-3H3,(H,14,15)/t7-,8+/m1/s1. The number of hydrogen-bond acceptors (Lipinski definition) is 3. The van der Waals surface area contributed by atoms with Crippen LogP contribution in [0, 0.1) is 5.92 Å². The lowest BCUT2D eigenvalue weighted by atomic mass is 10.1. The van der Waals surface area contributed by atoms with Crippen LogP contribution in [0.4, 0.5) is 9.18 Å². The Hall–Kier alpha value is -1.33. The molecule has 0 radical (unpaired) electrons. The van der Waals surface area contributed by atoms with Crippen molar-refractivity contribution < 1.29 is 23.8 Å². The van der Waals surface area contributed by atoms with Gasteiger partial charge in [0.25, 0.3) is 0 Å². The summed E-state index contributed by atoms with van der Waals surface area (Å²) in [5, 5.41) is 8.97. The summed E-state index contributed by atoms with van der Waals surface area (Å²) in [5.74, 6) is -1.53. The number of amides is 1. The van der Waals surface area contributed by atoms with Gasteiger partial charge in [-0.3, -0.25) is 9.29 Å². The molecule has 2 atom stereocenters. The number of aliphatic carboxylic acids is 1. The largest absolute Gasteiger partial charge is 0.480 e. The first-order valence-electron chi connectivity index (χ1n) is 5.53. The SMILES string of the molecule is CC(C)(C)OC(=O)N1C[C@@H](CF)C[C@H]1C(=O)O. The molecule has 0 aliphatic carbocycles. The van der Waals surface area contributed by atoms with Crippen molar-refractivity contribution in [2.75, 3.05) is 13.2 Å². The Morgan fingerprint density at radius 2 is 2.06 bits per heavy atom. The zero-order valence-corrected chi connectivity index (χ0v) is 10.3. The number of alkyl halides is 1. The second-order valence-corrected chi connectivity index (χ2v) is 5.24. The summed E-state index contributed by atoms with van der Waals surface area (Å²) in [4.78, 5) is 23.8. The van der Waals surface area contributed by atoms with Crippen molar-refractivity contribution in [2.24, 2.45) is 5.92 Å². The van der Waals surface area contributed by atoms with E-state index in [1.54, 1.807) is 20.8 Å². The Labute approximate surface area is 99.5 Å². The van der Waals surface area contributed by atoms with Crippen LogP contribution in [0.15, 0.2) is 0 Å². The number of likely N-dealkylation sites (tertiary alicyclic amines) is 1. The highest BCUT2D eigenvalue weighted by Crippen LogP contribution is 2.25. The lowest BCUT2D eigenvalue weighted by Gasteiger charge is -2.26. The van der Waals surface area contributed by atoms with E-state index in [1.165, 1.54) is 0 Å². The first-order chi connectivity index (χ1) is 7.74. The average Bonchev–Trinajstić information content (AvgIpc) is 2.58. The van der Waals surface area contributed by atoms with Crippen LogP contribution in [0.1, 0.15) is 27.2 Å². The van der Waals surface area contributed by atoms with Crippen LogP contribution < -0.4 is 0 Å². The van der Waals surface area contributed by atoms with Crippen LogP contribution in [0.5, 0.6) is 0 Å². The highest BCUT2D eigenvalue weighted by atomic mass is 19.1. The Morgan fingerprint density at radius 1 is 1.47 bits per heavy atom.